The summed E-state index contributed by atoms with van der Waals surface area (Å²) in [7, 11) is 1.65. The number of aromatic nitrogens is 2. The van der Waals surface area contributed by atoms with Gasteiger partial charge in [-0.1, -0.05) is 0 Å². The molecule has 1 rings (SSSR count). The third-order valence-corrected chi connectivity index (χ3v) is 2.25. The number of hydrogen-bond acceptors (Lipinski definition) is 6. The van der Waals surface area contributed by atoms with Crippen LogP contribution in [0.15, 0.2) is 12.5 Å². The van der Waals surface area contributed by atoms with E-state index in [4.69, 9.17) is 4.74 Å². The summed E-state index contributed by atoms with van der Waals surface area (Å²) in [5.41, 5.74) is 0.808. The van der Waals surface area contributed by atoms with Crippen LogP contribution in [0.25, 0.3) is 0 Å². The molecule has 7 nitrogen and oxygen atoms in total. The number of nitrogens with zero attached hydrogens (tertiary/aromatic N) is 1. The Morgan fingerprint density at radius 1 is 1.50 bits per heavy atom. The molecule has 0 aliphatic rings. The number of likely N-dealkylation sites (N-methyl/N-ethyl adjacent to an activating group) is 1. The number of hydrogen-bond donors (Lipinski definition) is 2. The molecule has 1 aromatic rings. The van der Waals surface area contributed by atoms with E-state index in [2.05, 4.69) is 20.0 Å². The lowest BCUT2D eigenvalue weighted by Gasteiger charge is -2.13. The molecule has 0 bridgehead atoms. The van der Waals surface area contributed by atoms with E-state index in [0.717, 1.165) is 5.69 Å². The first-order valence-electron chi connectivity index (χ1n) is 5.64. The van der Waals surface area contributed by atoms with Gasteiger partial charge in [0.1, 0.15) is 6.04 Å². The predicted octanol–water partition coefficient (Wildman–Crippen LogP) is -0.353. The number of rotatable bonds is 7. The van der Waals surface area contributed by atoms with E-state index in [0.29, 0.717) is 6.42 Å². The zero-order valence-corrected chi connectivity index (χ0v) is 10.4. The summed E-state index contributed by atoms with van der Waals surface area (Å²) in [6.45, 7) is 1.59. The Hall–Kier alpha value is -1.89. The van der Waals surface area contributed by atoms with E-state index in [1.807, 2.05) is 0 Å². The number of H-pyrrole nitrogens is 1. The second kappa shape index (κ2) is 7.44. The van der Waals surface area contributed by atoms with E-state index in [1.54, 1.807) is 20.2 Å². The Labute approximate surface area is 105 Å². The minimum absolute atomic E-state index is 0.264. The first-order chi connectivity index (χ1) is 8.67. The van der Waals surface area contributed by atoms with Gasteiger partial charge in [-0.3, -0.25) is 4.79 Å². The van der Waals surface area contributed by atoms with Crippen molar-refractivity contribution in [2.24, 2.45) is 0 Å². The normalized spacial score (nSPS) is 11.9. The molecule has 0 spiro atoms. The van der Waals surface area contributed by atoms with Gasteiger partial charge in [0.25, 0.3) is 0 Å². The fraction of sp³-hybridized carbons (Fsp3) is 0.545. The largest absolute Gasteiger partial charge is 0.463 e. The van der Waals surface area contributed by atoms with Crippen molar-refractivity contribution in [1.82, 2.24) is 15.3 Å². The molecule has 18 heavy (non-hydrogen) atoms. The van der Waals surface area contributed by atoms with Crippen molar-refractivity contribution in [2.45, 2.75) is 19.4 Å². The zero-order valence-electron chi connectivity index (χ0n) is 10.4. The van der Waals surface area contributed by atoms with Gasteiger partial charge >= 0.3 is 11.9 Å². The molecular formula is C11H17N3O4. The van der Waals surface area contributed by atoms with Crippen LogP contribution in [0.4, 0.5) is 0 Å². The first kappa shape index (κ1) is 14.2. The molecule has 1 heterocycles. The molecule has 7 heteroatoms. The maximum Gasteiger partial charge on any atom is 0.344 e. The fourth-order valence-electron chi connectivity index (χ4n) is 1.35. The summed E-state index contributed by atoms with van der Waals surface area (Å²) in [6.07, 6.45) is 3.58. The molecule has 0 aliphatic carbocycles. The van der Waals surface area contributed by atoms with Gasteiger partial charge in [-0.25, -0.2) is 9.78 Å². The first-order valence-corrected chi connectivity index (χ1v) is 5.64. The fourth-order valence-corrected chi connectivity index (χ4v) is 1.35. The number of aromatic amines is 1. The molecule has 0 aromatic carbocycles. The van der Waals surface area contributed by atoms with Crippen LogP contribution < -0.4 is 5.32 Å². The quantitative estimate of drug-likeness (QED) is 0.647. The van der Waals surface area contributed by atoms with Crippen molar-refractivity contribution in [1.29, 1.82) is 0 Å². The molecule has 0 unspecified atom stereocenters. The number of carbonyl (C=O) groups excluding carboxylic acids is 2. The maximum atomic E-state index is 11.7. The third-order valence-electron chi connectivity index (χ3n) is 2.25. The van der Waals surface area contributed by atoms with Crippen LogP contribution in [0.5, 0.6) is 0 Å². The second-order valence-corrected chi connectivity index (χ2v) is 3.53. The summed E-state index contributed by atoms with van der Waals surface area (Å²) >= 11 is 0. The molecule has 0 amide bonds. The maximum absolute atomic E-state index is 11.7. The van der Waals surface area contributed by atoms with Crippen LogP contribution in [0.3, 0.4) is 0 Å². The molecule has 1 aromatic heterocycles. The van der Waals surface area contributed by atoms with Gasteiger partial charge in [0.2, 0.25) is 0 Å². The Bertz CT molecular complexity index is 378. The van der Waals surface area contributed by atoms with Crippen molar-refractivity contribution < 1.29 is 19.1 Å². The standard InChI is InChI=1S/C11H17N3O4/c1-3-17-10(15)6-18-11(16)9(12-2)4-8-5-13-7-14-8/h5,7,9,12H,3-4,6H2,1-2H3,(H,13,14)/t9-/m0/s1. The van der Waals surface area contributed by atoms with Gasteiger partial charge in [0, 0.05) is 18.3 Å². The molecule has 0 radical (unpaired) electrons. The highest BCUT2D eigenvalue weighted by atomic mass is 16.6. The molecule has 0 saturated carbocycles. The average molecular weight is 255 g/mol. The smallest absolute Gasteiger partial charge is 0.344 e. The minimum atomic E-state index is -0.553. The van der Waals surface area contributed by atoms with Gasteiger partial charge in [-0.2, -0.15) is 0 Å². The zero-order chi connectivity index (χ0) is 13.4. The highest BCUT2D eigenvalue weighted by Gasteiger charge is 2.20. The van der Waals surface area contributed by atoms with Gasteiger partial charge in [0.15, 0.2) is 6.61 Å². The Balaban J connectivity index is 2.40. The van der Waals surface area contributed by atoms with Crippen LogP contribution in [0.2, 0.25) is 0 Å². The predicted molar refractivity (Wildman–Crippen MR) is 62.7 cm³/mol. The molecule has 100 valence electrons. The molecule has 2 N–H and O–H groups in total. The van der Waals surface area contributed by atoms with E-state index in [1.165, 1.54) is 6.33 Å². The van der Waals surface area contributed by atoms with E-state index < -0.39 is 18.0 Å². The number of nitrogens with one attached hydrogen (secondary N) is 2. The van der Waals surface area contributed by atoms with Crippen molar-refractivity contribution in [3.63, 3.8) is 0 Å². The topological polar surface area (TPSA) is 93.3 Å². The van der Waals surface area contributed by atoms with E-state index in [9.17, 15) is 9.59 Å². The lowest BCUT2D eigenvalue weighted by molar-refractivity contribution is -0.159. The Kier molecular flexibility index (Phi) is 5.86. The van der Waals surface area contributed by atoms with Gasteiger partial charge in [-0.05, 0) is 14.0 Å². The van der Waals surface area contributed by atoms with Crippen molar-refractivity contribution in [3.8, 4) is 0 Å². The molecular weight excluding hydrogens is 238 g/mol. The van der Waals surface area contributed by atoms with Crippen LogP contribution in [-0.4, -0.2) is 48.2 Å². The minimum Gasteiger partial charge on any atom is -0.463 e. The number of imidazole rings is 1. The van der Waals surface area contributed by atoms with Crippen molar-refractivity contribution in [2.75, 3.05) is 20.3 Å². The SMILES string of the molecule is CCOC(=O)COC(=O)[C@H](Cc1cnc[nH]1)NC. The second-order valence-electron chi connectivity index (χ2n) is 3.53. The summed E-state index contributed by atoms with van der Waals surface area (Å²) in [5, 5.41) is 2.82. The Morgan fingerprint density at radius 2 is 2.28 bits per heavy atom. The van der Waals surface area contributed by atoms with Gasteiger partial charge in [-0.15, -0.1) is 0 Å². The summed E-state index contributed by atoms with van der Waals surface area (Å²) in [6, 6.07) is -0.528. The summed E-state index contributed by atoms with van der Waals surface area (Å²) in [5.74, 6) is -1.05. The van der Waals surface area contributed by atoms with Crippen molar-refractivity contribution >= 4 is 11.9 Å². The van der Waals surface area contributed by atoms with Crippen LogP contribution in [0, 0.1) is 0 Å². The molecule has 0 saturated heterocycles. The van der Waals surface area contributed by atoms with Crippen LogP contribution >= 0.6 is 0 Å². The van der Waals surface area contributed by atoms with E-state index >= 15 is 0 Å². The number of carbonyl (C=O) groups is 2. The number of ether oxygens (including phenoxy) is 2. The third kappa shape index (κ3) is 4.54. The molecule has 0 aliphatic heterocycles. The van der Waals surface area contributed by atoms with E-state index in [-0.39, 0.29) is 13.2 Å². The average Bonchev–Trinajstić information content (AvgIpc) is 2.86. The van der Waals surface area contributed by atoms with Crippen molar-refractivity contribution in [3.05, 3.63) is 18.2 Å². The Morgan fingerprint density at radius 3 is 2.83 bits per heavy atom. The van der Waals surface area contributed by atoms with Crippen LogP contribution in [0.1, 0.15) is 12.6 Å². The highest BCUT2D eigenvalue weighted by molar-refractivity contribution is 5.79. The molecule has 1 atom stereocenters. The summed E-state index contributed by atoms with van der Waals surface area (Å²) < 4.78 is 9.51. The molecule has 0 fully saturated rings. The lowest BCUT2D eigenvalue weighted by Crippen LogP contribution is -2.38. The van der Waals surface area contributed by atoms with Gasteiger partial charge in [0.05, 0.1) is 12.9 Å². The summed E-state index contributed by atoms with van der Waals surface area (Å²) in [4.78, 5) is 29.5. The van der Waals surface area contributed by atoms with Crippen LogP contribution in [-0.2, 0) is 25.5 Å². The highest BCUT2D eigenvalue weighted by Crippen LogP contribution is 2.00. The van der Waals surface area contributed by atoms with Gasteiger partial charge < -0.3 is 19.8 Å². The monoisotopic (exact) mass is 255 g/mol. The lowest BCUT2D eigenvalue weighted by atomic mass is 10.2. The number of esters is 2.